The van der Waals surface area contributed by atoms with Crippen molar-refractivity contribution in [2.24, 2.45) is 0 Å². The number of benzene rings is 6. The lowest BCUT2D eigenvalue weighted by molar-refractivity contribution is 0.397. The van der Waals surface area contributed by atoms with Gasteiger partial charge in [-0.05, 0) is 39.7 Å². The van der Waals surface area contributed by atoms with Crippen LogP contribution < -0.4 is 18.9 Å². The van der Waals surface area contributed by atoms with E-state index >= 15 is 0 Å². The summed E-state index contributed by atoms with van der Waals surface area (Å²) in [7, 11) is 6.78. The maximum absolute atomic E-state index is 6.24. The molecule has 0 amide bonds. The molecule has 6 aromatic carbocycles. The molecule has 0 aliphatic heterocycles. The lowest BCUT2D eigenvalue weighted by atomic mass is 9.84. The molecule has 41 heavy (non-hydrogen) atoms. The fourth-order valence-electron chi connectivity index (χ4n) is 6.19. The van der Waals surface area contributed by atoms with Crippen molar-refractivity contribution < 1.29 is 23.4 Å². The Balaban J connectivity index is 1.71. The highest BCUT2D eigenvalue weighted by atomic mass is 16.5. The Hall–Kier alpha value is -5.16. The summed E-state index contributed by atoms with van der Waals surface area (Å²) in [5, 5.41) is 6.14. The predicted octanol–water partition coefficient (Wildman–Crippen LogP) is 9.26. The summed E-state index contributed by atoms with van der Waals surface area (Å²) in [6, 6.07) is 32.7. The zero-order chi connectivity index (χ0) is 28.1. The monoisotopic (exact) mass is 540 g/mol. The molecule has 7 rings (SSSR count). The number of furan rings is 1. The van der Waals surface area contributed by atoms with Crippen LogP contribution in [0.2, 0.25) is 0 Å². The average molecular weight is 541 g/mol. The number of methoxy groups -OCH3 is 4. The summed E-state index contributed by atoms with van der Waals surface area (Å²) < 4.78 is 30.3. The van der Waals surface area contributed by atoms with E-state index in [1.54, 1.807) is 28.4 Å². The topological polar surface area (TPSA) is 50.1 Å². The van der Waals surface area contributed by atoms with Crippen molar-refractivity contribution in [2.45, 2.75) is 0 Å². The predicted molar refractivity (Wildman–Crippen MR) is 166 cm³/mol. The highest BCUT2D eigenvalue weighted by Gasteiger charge is 2.27. The minimum absolute atomic E-state index is 0.673. The summed E-state index contributed by atoms with van der Waals surface area (Å²) in [5.74, 6) is 2.87. The summed E-state index contributed by atoms with van der Waals surface area (Å²) in [6.45, 7) is 0. The third kappa shape index (κ3) is 3.62. The molecule has 0 atom stereocenters. The molecule has 0 saturated carbocycles. The maximum Gasteiger partial charge on any atom is 0.142 e. The van der Waals surface area contributed by atoms with Crippen LogP contribution in [0, 0.1) is 0 Å². The van der Waals surface area contributed by atoms with Crippen LogP contribution in [0.5, 0.6) is 23.0 Å². The van der Waals surface area contributed by atoms with Crippen molar-refractivity contribution in [3.63, 3.8) is 0 Å². The van der Waals surface area contributed by atoms with Gasteiger partial charge in [-0.2, -0.15) is 0 Å². The van der Waals surface area contributed by atoms with Gasteiger partial charge in [0, 0.05) is 22.6 Å². The second-order valence-electron chi connectivity index (χ2n) is 9.84. The molecule has 202 valence electrons. The number of hydrogen-bond acceptors (Lipinski definition) is 5. The summed E-state index contributed by atoms with van der Waals surface area (Å²) >= 11 is 0. The molecule has 0 N–H and O–H groups in total. The fourth-order valence-corrected chi connectivity index (χ4v) is 6.19. The molecule has 0 fully saturated rings. The van der Waals surface area contributed by atoms with Crippen LogP contribution in [-0.4, -0.2) is 28.4 Å². The van der Waals surface area contributed by atoms with E-state index in [1.807, 2.05) is 42.5 Å². The van der Waals surface area contributed by atoms with Gasteiger partial charge in [0.25, 0.3) is 0 Å². The minimum Gasteiger partial charge on any atom is -0.496 e. The highest BCUT2D eigenvalue weighted by Crippen LogP contribution is 2.54. The first-order valence-electron chi connectivity index (χ1n) is 13.4. The van der Waals surface area contributed by atoms with Gasteiger partial charge in [-0.15, -0.1) is 0 Å². The number of fused-ring (bicyclic) bond motifs is 5. The second-order valence-corrected chi connectivity index (χ2v) is 9.84. The average Bonchev–Trinajstić information content (AvgIpc) is 3.40. The van der Waals surface area contributed by atoms with Crippen LogP contribution in [0.25, 0.3) is 65.7 Å². The molecule has 7 aromatic rings. The quantitative estimate of drug-likeness (QED) is 0.197. The Morgan fingerprint density at radius 2 is 0.902 bits per heavy atom. The first-order valence-corrected chi connectivity index (χ1v) is 13.4. The van der Waals surface area contributed by atoms with Gasteiger partial charge in [0.2, 0.25) is 0 Å². The van der Waals surface area contributed by atoms with Gasteiger partial charge in [0.05, 0.1) is 45.0 Å². The van der Waals surface area contributed by atoms with Gasteiger partial charge in [-0.25, -0.2) is 0 Å². The number of hydrogen-bond donors (Lipinski definition) is 0. The Morgan fingerprint density at radius 1 is 0.415 bits per heavy atom. The van der Waals surface area contributed by atoms with Crippen LogP contribution >= 0.6 is 0 Å². The lowest BCUT2D eigenvalue weighted by Gasteiger charge is -2.22. The van der Waals surface area contributed by atoms with Crippen LogP contribution in [0.3, 0.4) is 0 Å². The van der Waals surface area contributed by atoms with E-state index in [4.69, 9.17) is 23.4 Å². The molecule has 0 spiro atoms. The number of rotatable bonds is 6. The minimum atomic E-state index is 0.673. The smallest absolute Gasteiger partial charge is 0.142 e. The first kappa shape index (κ1) is 24.9. The van der Waals surface area contributed by atoms with Gasteiger partial charge in [0.15, 0.2) is 0 Å². The van der Waals surface area contributed by atoms with Gasteiger partial charge in [0.1, 0.15) is 34.2 Å². The third-order valence-corrected chi connectivity index (χ3v) is 7.87. The largest absolute Gasteiger partial charge is 0.496 e. The molecule has 1 aromatic heterocycles. The maximum atomic E-state index is 6.24. The van der Waals surface area contributed by atoms with Crippen LogP contribution in [-0.2, 0) is 0 Å². The third-order valence-electron chi connectivity index (χ3n) is 7.87. The second kappa shape index (κ2) is 9.79. The Morgan fingerprint density at radius 3 is 1.41 bits per heavy atom. The molecule has 0 aliphatic rings. The molecule has 0 aliphatic carbocycles. The zero-order valence-corrected chi connectivity index (χ0v) is 23.3. The Kier molecular flexibility index (Phi) is 5.93. The molecular weight excluding hydrogens is 512 g/mol. The van der Waals surface area contributed by atoms with Crippen LogP contribution in [0.15, 0.2) is 101 Å². The van der Waals surface area contributed by atoms with Crippen molar-refractivity contribution in [3.8, 4) is 45.3 Å². The summed E-state index contributed by atoms with van der Waals surface area (Å²) in [4.78, 5) is 0. The van der Waals surface area contributed by atoms with E-state index in [-0.39, 0.29) is 0 Å². The first-order chi connectivity index (χ1) is 20.2. The van der Waals surface area contributed by atoms with Crippen LogP contribution in [0.1, 0.15) is 0 Å². The van der Waals surface area contributed by atoms with Gasteiger partial charge in [-0.1, -0.05) is 72.8 Å². The molecule has 0 unspecified atom stereocenters. The van der Waals surface area contributed by atoms with Crippen molar-refractivity contribution in [1.82, 2.24) is 0 Å². The number of para-hydroxylation sites is 1. The molecule has 1 heterocycles. The van der Waals surface area contributed by atoms with E-state index in [0.29, 0.717) is 17.1 Å². The molecular formula is C36H28O5. The summed E-state index contributed by atoms with van der Waals surface area (Å²) in [6.07, 6.45) is 0. The Labute approximate surface area is 237 Å². The highest BCUT2D eigenvalue weighted by molar-refractivity contribution is 6.25. The molecule has 0 saturated heterocycles. The van der Waals surface area contributed by atoms with Gasteiger partial charge < -0.3 is 23.4 Å². The van der Waals surface area contributed by atoms with Gasteiger partial charge in [-0.3, -0.25) is 0 Å². The lowest BCUT2D eigenvalue weighted by Crippen LogP contribution is -1.98. The van der Waals surface area contributed by atoms with Crippen molar-refractivity contribution in [3.05, 3.63) is 97.1 Å². The molecule has 5 nitrogen and oxygen atoms in total. The molecule has 5 heteroatoms. The Bertz CT molecular complexity index is 2020. The van der Waals surface area contributed by atoms with Crippen molar-refractivity contribution in [1.29, 1.82) is 0 Å². The van der Waals surface area contributed by atoms with Crippen molar-refractivity contribution >= 4 is 43.5 Å². The summed E-state index contributed by atoms with van der Waals surface area (Å²) in [5.41, 5.74) is 5.37. The van der Waals surface area contributed by atoms with E-state index in [1.165, 1.54) is 0 Å². The van der Waals surface area contributed by atoms with E-state index in [9.17, 15) is 0 Å². The van der Waals surface area contributed by atoms with Crippen molar-refractivity contribution in [2.75, 3.05) is 28.4 Å². The van der Waals surface area contributed by atoms with E-state index in [2.05, 4.69) is 54.6 Å². The standard InChI is InChI=1S/C36H28O5/c1-37-27-18-11-19-28(38-2)34(27)31-21-12-5-7-14-23(21)32(24-15-8-6-13-22(24)31)35-29(39-3)20-30-33(36(35)40-4)25-16-9-10-17-26(25)41-30/h5-20H,1-4H3. The van der Waals surface area contributed by atoms with Crippen LogP contribution in [0.4, 0.5) is 0 Å². The molecule has 0 bridgehead atoms. The van der Waals surface area contributed by atoms with Gasteiger partial charge >= 0.3 is 0 Å². The zero-order valence-electron chi connectivity index (χ0n) is 23.3. The SMILES string of the molecule is COc1cccc(OC)c1-c1c2ccccc2c(-c2c(OC)cc3oc4ccccc4c3c2OC)c2ccccc12. The van der Waals surface area contributed by atoms with E-state index < -0.39 is 0 Å². The molecule has 0 radical (unpaired) electrons. The fraction of sp³-hybridized carbons (Fsp3) is 0.111. The number of ether oxygens (including phenoxy) is 4. The van der Waals surface area contributed by atoms with E-state index in [0.717, 1.165) is 71.7 Å². The normalized spacial score (nSPS) is 11.4.